The van der Waals surface area contributed by atoms with E-state index in [-0.39, 0.29) is 10.5 Å². The molecule has 1 heterocycles. The number of ether oxygens (including phenoxy) is 1. The van der Waals surface area contributed by atoms with Crippen LogP contribution in [-0.2, 0) is 7.05 Å². The molecule has 0 saturated heterocycles. The van der Waals surface area contributed by atoms with E-state index in [1.165, 1.54) is 7.05 Å². The molecule has 7 nitrogen and oxygen atoms in total. The first-order valence-electron chi connectivity index (χ1n) is 7.53. The van der Waals surface area contributed by atoms with Gasteiger partial charge in [-0.3, -0.25) is 9.36 Å². The summed E-state index contributed by atoms with van der Waals surface area (Å²) >= 11 is 0. The quantitative estimate of drug-likeness (QED) is 0.712. The fraction of sp³-hybridized carbons (Fsp3) is 0.111. The van der Waals surface area contributed by atoms with Crippen molar-refractivity contribution in [3.05, 3.63) is 75.4 Å². The molecule has 0 saturated carbocycles. The van der Waals surface area contributed by atoms with Gasteiger partial charge in [-0.15, -0.1) is 0 Å². The van der Waals surface area contributed by atoms with Crippen LogP contribution in [0.2, 0.25) is 0 Å². The van der Waals surface area contributed by atoms with Gasteiger partial charge in [-0.2, -0.15) is 0 Å². The van der Waals surface area contributed by atoms with Crippen LogP contribution in [-0.4, -0.2) is 21.6 Å². The smallest absolute Gasteiger partial charge is 0.365 e. The molecule has 0 aliphatic rings. The van der Waals surface area contributed by atoms with Gasteiger partial charge >= 0.3 is 5.69 Å². The molecule has 0 radical (unpaired) electrons. The Bertz CT molecular complexity index is 1000. The average molecular weight is 339 g/mol. The molecular formula is C18H17N3O4. The Balaban J connectivity index is 1.86. The molecule has 2 N–H and O–H groups in total. The normalized spacial score (nSPS) is 10.5. The van der Waals surface area contributed by atoms with Gasteiger partial charge in [-0.1, -0.05) is 29.0 Å². The van der Waals surface area contributed by atoms with E-state index in [9.17, 15) is 14.8 Å². The van der Waals surface area contributed by atoms with E-state index < -0.39 is 11.2 Å². The number of hydrogen-bond acceptors (Lipinski definition) is 5. The van der Waals surface area contributed by atoms with E-state index in [0.717, 1.165) is 27.5 Å². The van der Waals surface area contributed by atoms with Gasteiger partial charge in [-0.25, -0.2) is 4.79 Å². The summed E-state index contributed by atoms with van der Waals surface area (Å²) in [4.78, 5) is 23.3. The van der Waals surface area contributed by atoms with Crippen molar-refractivity contribution in [3.63, 3.8) is 0 Å². The lowest BCUT2D eigenvalue weighted by Crippen LogP contribution is -2.37. The summed E-state index contributed by atoms with van der Waals surface area (Å²) in [5, 5.41) is 12.3. The van der Waals surface area contributed by atoms with Gasteiger partial charge in [-0.05, 0) is 35.4 Å². The van der Waals surface area contributed by atoms with Crippen LogP contribution in [0, 0.1) is 0 Å². The molecule has 1 aromatic heterocycles. The molecule has 0 aliphatic carbocycles. The first kappa shape index (κ1) is 16.4. The second kappa shape index (κ2) is 6.56. The number of nitrogens with one attached hydrogen (secondary N) is 1. The van der Waals surface area contributed by atoms with E-state index in [4.69, 9.17) is 4.74 Å². The van der Waals surface area contributed by atoms with Crippen molar-refractivity contribution in [1.29, 1.82) is 0 Å². The van der Waals surface area contributed by atoms with Crippen molar-refractivity contribution in [2.24, 2.45) is 7.05 Å². The Kier molecular flexibility index (Phi) is 4.30. The largest absolute Gasteiger partial charge is 0.497 e. The molecular weight excluding hydrogens is 322 g/mol. The summed E-state index contributed by atoms with van der Waals surface area (Å²) in [7, 11) is 3.08. The molecule has 3 rings (SSSR count). The molecule has 7 heteroatoms. The molecule has 0 spiro atoms. The maximum Gasteiger partial charge on any atom is 0.365 e. The molecule has 0 atom stereocenters. The zero-order valence-electron chi connectivity index (χ0n) is 13.8. The molecule has 0 fully saturated rings. The Morgan fingerprint density at radius 1 is 0.960 bits per heavy atom. The molecule has 2 aromatic carbocycles. The number of rotatable bonds is 4. The minimum atomic E-state index is -0.815. The lowest BCUT2D eigenvalue weighted by Gasteiger charge is -2.11. The SMILES string of the molecule is COc1ccc(-c2ccc(Nc3cc(=O)n(O)c(=O)n3C)cc2)cc1. The summed E-state index contributed by atoms with van der Waals surface area (Å²) in [6.45, 7) is 0. The lowest BCUT2D eigenvalue weighted by molar-refractivity contribution is 0.156. The predicted octanol–water partition coefficient (Wildman–Crippen LogP) is 2.20. The molecule has 0 aliphatic heterocycles. The fourth-order valence-corrected chi connectivity index (χ4v) is 2.41. The van der Waals surface area contributed by atoms with Crippen molar-refractivity contribution in [3.8, 4) is 16.9 Å². The minimum absolute atomic E-state index is 0.0674. The second-order valence-electron chi connectivity index (χ2n) is 5.45. The third-order valence-corrected chi connectivity index (χ3v) is 3.88. The van der Waals surface area contributed by atoms with Crippen LogP contribution in [0.4, 0.5) is 11.5 Å². The van der Waals surface area contributed by atoms with E-state index in [2.05, 4.69) is 5.32 Å². The Morgan fingerprint density at radius 2 is 1.52 bits per heavy atom. The maximum absolute atomic E-state index is 11.7. The minimum Gasteiger partial charge on any atom is -0.497 e. The highest BCUT2D eigenvalue weighted by molar-refractivity contribution is 5.68. The van der Waals surface area contributed by atoms with Crippen LogP contribution >= 0.6 is 0 Å². The first-order valence-corrected chi connectivity index (χ1v) is 7.53. The highest BCUT2D eigenvalue weighted by Crippen LogP contribution is 2.24. The molecule has 0 unspecified atom stereocenters. The number of benzene rings is 2. The summed E-state index contributed by atoms with van der Waals surface area (Å²) in [5.41, 5.74) is 1.17. The molecule has 3 aromatic rings. The monoisotopic (exact) mass is 339 g/mol. The van der Waals surface area contributed by atoms with Gasteiger partial charge in [0, 0.05) is 18.8 Å². The summed E-state index contributed by atoms with van der Waals surface area (Å²) in [5.74, 6) is 1.08. The van der Waals surface area contributed by atoms with E-state index in [1.54, 1.807) is 7.11 Å². The van der Waals surface area contributed by atoms with Gasteiger partial charge in [0.25, 0.3) is 5.56 Å². The number of nitrogens with zero attached hydrogens (tertiary/aromatic N) is 2. The van der Waals surface area contributed by atoms with Crippen molar-refractivity contribution < 1.29 is 9.94 Å². The van der Waals surface area contributed by atoms with Crippen LogP contribution in [0.15, 0.2) is 64.2 Å². The number of hydrogen-bond donors (Lipinski definition) is 2. The van der Waals surface area contributed by atoms with Gasteiger partial charge in [0.15, 0.2) is 0 Å². The van der Waals surface area contributed by atoms with Crippen LogP contribution in [0.3, 0.4) is 0 Å². The second-order valence-corrected chi connectivity index (χ2v) is 5.45. The third-order valence-electron chi connectivity index (χ3n) is 3.88. The van der Waals surface area contributed by atoms with Crippen LogP contribution < -0.4 is 21.3 Å². The Labute approximate surface area is 143 Å². The standard InChI is InChI=1S/C18H17N3O4/c1-20-16(11-17(22)21(24)18(20)23)19-14-7-3-12(4-8-14)13-5-9-15(25-2)10-6-13/h3-11,19,24H,1-2H3. The Morgan fingerprint density at radius 3 is 2.08 bits per heavy atom. The van der Waals surface area contributed by atoms with Crippen molar-refractivity contribution >= 4 is 11.5 Å². The molecule has 0 bridgehead atoms. The summed E-state index contributed by atoms with van der Waals surface area (Å²) in [6.07, 6.45) is 0. The van der Waals surface area contributed by atoms with Gasteiger partial charge < -0.3 is 15.3 Å². The predicted molar refractivity (Wildman–Crippen MR) is 94.8 cm³/mol. The van der Waals surface area contributed by atoms with E-state index in [0.29, 0.717) is 5.69 Å². The van der Waals surface area contributed by atoms with E-state index in [1.807, 2.05) is 48.5 Å². The van der Waals surface area contributed by atoms with E-state index >= 15 is 0 Å². The van der Waals surface area contributed by atoms with Crippen molar-refractivity contribution in [2.75, 3.05) is 12.4 Å². The van der Waals surface area contributed by atoms with Crippen LogP contribution in [0.1, 0.15) is 0 Å². The molecule has 25 heavy (non-hydrogen) atoms. The first-order chi connectivity index (χ1) is 12.0. The van der Waals surface area contributed by atoms with Crippen LogP contribution in [0.25, 0.3) is 11.1 Å². The van der Waals surface area contributed by atoms with Crippen molar-refractivity contribution in [2.45, 2.75) is 0 Å². The zero-order chi connectivity index (χ0) is 18.0. The average Bonchev–Trinajstić information content (AvgIpc) is 2.65. The highest BCUT2D eigenvalue weighted by Gasteiger charge is 2.08. The van der Waals surface area contributed by atoms with Gasteiger partial charge in [0.05, 0.1) is 7.11 Å². The lowest BCUT2D eigenvalue weighted by atomic mass is 10.1. The third kappa shape index (κ3) is 3.25. The molecule has 0 amide bonds. The fourth-order valence-electron chi connectivity index (χ4n) is 2.41. The Hall–Kier alpha value is -3.48. The van der Waals surface area contributed by atoms with Gasteiger partial charge in [0.2, 0.25) is 0 Å². The zero-order valence-corrected chi connectivity index (χ0v) is 13.8. The number of aromatic nitrogens is 2. The number of anilines is 2. The van der Waals surface area contributed by atoms with Crippen molar-refractivity contribution in [1.82, 2.24) is 9.30 Å². The topological polar surface area (TPSA) is 85.5 Å². The van der Waals surface area contributed by atoms with Crippen LogP contribution in [0.5, 0.6) is 5.75 Å². The molecule has 128 valence electrons. The number of methoxy groups -OCH3 is 1. The maximum atomic E-state index is 11.7. The highest BCUT2D eigenvalue weighted by atomic mass is 16.5. The summed E-state index contributed by atoms with van der Waals surface area (Å²) < 4.78 is 6.37. The van der Waals surface area contributed by atoms with Gasteiger partial charge in [0.1, 0.15) is 11.6 Å². The summed E-state index contributed by atoms with van der Waals surface area (Å²) in [6, 6.07) is 16.4.